The van der Waals surface area contributed by atoms with Crippen LogP contribution in [0.5, 0.6) is 5.75 Å². The van der Waals surface area contributed by atoms with Crippen LogP contribution in [0.25, 0.3) is 0 Å². The summed E-state index contributed by atoms with van der Waals surface area (Å²) >= 11 is 1.59. The zero-order valence-corrected chi connectivity index (χ0v) is 20.2. The normalized spacial score (nSPS) is 15.2. The van der Waals surface area contributed by atoms with Crippen LogP contribution in [-0.2, 0) is 4.79 Å². The van der Waals surface area contributed by atoms with E-state index in [1.807, 2.05) is 13.8 Å². The first-order valence-corrected chi connectivity index (χ1v) is 12.1. The summed E-state index contributed by atoms with van der Waals surface area (Å²) in [6.07, 6.45) is 2.73. The van der Waals surface area contributed by atoms with Crippen LogP contribution >= 0.6 is 11.9 Å². The van der Waals surface area contributed by atoms with E-state index in [1.165, 1.54) is 0 Å². The minimum absolute atomic E-state index is 0.0280. The van der Waals surface area contributed by atoms with Crippen LogP contribution in [0.4, 0.5) is 8.78 Å². The Hall–Kier alpha value is -2.65. The molecule has 1 amide bonds. The molecule has 0 saturated carbocycles. The van der Waals surface area contributed by atoms with Gasteiger partial charge in [0.05, 0.1) is 12.2 Å². The maximum absolute atomic E-state index is 13.6. The quantitative estimate of drug-likeness (QED) is 0.353. The molecule has 34 heavy (non-hydrogen) atoms. The maximum Gasteiger partial charge on any atom is 0.335 e. The first kappa shape index (κ1) is 26.0. The molecule has 0 aliphatic carbocycles. The molecule has 1 saturated heterocycles. The van der Waals surface area contributed by atoms with Crippen LogP contribution < -0.4 is 10.1 Å². The van der Waals surface area contributed by atoms with Gasteiger partial charge in [0.1, 0.15) is 5.82 Å². The Labute approximate surface area is 202 Å². The highest BCUT2D eigenvalue weighted by Gasteiger charge is 2.30. The van der Waals surface area contributed by atoms with Gasteiger partial charge in [-0.1, -0.05) is 13.8 Å². The molecule has 0 radical (unpaired) electrons. The van der Waals surface area contributed by atoms with Crippen molar-refractivity contribution in [3.05, 3.63) is 59.7 Å². The van der Waals surface area contributed by atoms with Gasteiger partial charge in [-0.2, -0.15) is 0 Å². The first-order chi connectivity index (χ1) is 16.1. The van der Waals surface area contributed by atoms with Gasteiger partial charge in [-0.15, -0.1) is 0 Å². The van der Waals surface area contributed by atoms with E-state index in [4.69, 9.17) is 9.84 Å². The van der Waals surface area contributed by atoms with Crippen LogP contribution in [-0.4, -0.2) is 47.0 Å². The van der Waals surface area contributed by atoms with Crippen molar-refractivity contribution in [2.45, 2.75) is 50.5 Å². The third-order valence-corrected chi connectivity index (χ3v) is 6.94. The average molecular weight is 493 g/mol. The lowest BCUT2D eigenvalue weighted by molar-refractivity contribution is -0.130. The smallest absolute Gasteiger partial charge is 0.335 e. The average Bonchev–Trinajstić information content (AvgIpc) is 2.80. The van der Waals surface area contributed by atoms with Crippen molar-refractivity contribution >= 4 is 23.8 Å². The van der Waals surface area contributed by atoms with Gasteiger partial charge in [0.15, 0.2) is 11.6 Å². The highest BCUT2D eigenvalue weighted by atomic mass is 32.2. The second-order valence-electron chi connectivity index (χ2n) is 9.01. The van der Waals surface area contributed by atoms with Crippen molar-refractivity contribution in [2.75, 3.05) is 19.7 Å². The lowest BCUT2D eigenvalue weighted by atomic mass is 9.86. The molecule has 2 N–H and O–H groups in total. The molecule has 1 heterocycles. The minimum atomic E-state index is -0.941. The maximum atomic E-state index is 13.6. The number of carbonyl (C=O) groups is 2. The molecule has 0 spiro atoms. The minimum Gasteiger partial charge on any atom is -0.490 e. The van der Waals surface area contributed by atoms with Crippen molar-refractivity contribution in [3.63, 3.8) is 0 Å². The Balaban J connectivity index is 1.38. The molecule has 1 fully saturated rings. The Morgan fingerprint density at radius 1 is 1.15 bits per heavy atom. The van der Waals surface area contributed by atoms with Crippen LogP contribution in [0.15, 0.2) is 47.4 Å². The van der Waals surface area contributed by atoms with E-state index in [9.17, 15) is 18.4 Å². The molecular formula is C25H30F2N2O4S. The molecule has 2 aromatic carbocycles. The number of nitrogens with zero attached hydrogens (tertiary/aromatic N) is 1. The number of halogens is 2. The molecule has 2 aromatic rings. The fraction of sp³-hybridized carbons (Fsp3) is 0.440. The van der Waals surface area contributed by atoms with E-state index >= 15 is 0 Å². The number of aromatic carboxylic acids is 1. The molecule has 6 nitrogen and oxygen atoms in total. The highest BCUT2D eigenvalue weighted by molar-refractivity contribution is 7.97. The molecule has 0 unspecified atom stereocenters. The van der Waals surface area contributed by atoms with Crippen molar-refractivity contribution in [1.29, 1.82) is 0 Å². The van der Waals surface area contributed by atoms with Crippen LogP contribution in [0.3, 0.4) is 0 Å². The molecule has 1 aliphatic heterocycles. The van der Waals surface area contributed by atoms with Gasteiger partial charge in [0.25, 0.3) is 0 Å². The number of carboxylic acid groups (broad SMARTS) is 1. The highest BCUT2D eigenvalue weighted by Crippen LogP contribution is 2.28. The van der Waals surface area contributed by atoms with Crippen LogP contribution in [0.2, 0.25) is 0 Å². The van der Waals surface area contributed by atoms with Crippen molar-refractivity contribution in [2.24, 2.45) is 5.41 Å². The van der Waals surface area contributed by atoms with E-state index in [-0.39, 0.29) is 29.9 Å². The predicted octanol–water partition coefficient (Wildman–Crippen LogP) is 5.14. The summed E-state index contributed by atoms with van der Waals surface area (Å²) in [7, 11) is 0. The van der Waals surface area contributed by atoms with Gasteiger partial charge in [0, 0.05) is 35.5 Å². The number of nitrogens with one attached hydrogen (secondary N) is 1. The molecule has 0 atom stereocenters. The fourth-order valence-corrected chi connectivity index (χ4v) is 4.63. The number of ether oxygens (including phenoxy) is 1. The zero-order valence-electron chi connectivity index (χ0n) is 19.4. The van der Waals surface area contributed by atoms with E-state index in [2.05, 4.69) is 9.62 Å². The molecule has 3 rings (SSSR count). The zero-order chi connectivity index (χ0) is 24.7. The van der Waals surface area contributed by atoms with Gasteiger partial charge < -0.3 is 15.2 Å². The summed E-state index contributed by atoms with van der Waals surface area (Å²) in [5.41, 5.74) is -0.345. The number of amides is 1. The summed E-state index contributed by atoms with van der Waals surface area (Å²) < 4.78 is 34.4. The number of carboxylic acids is 1. The van der Waals surface area contributed by atoms with E-state index in [1.54, 1.807) is 36.2 Å². The Morgan fingerprint density at radius 3 is 2.47 bits per heavy atom. The summed E-state index contributed by atoms with van der Waals surface area (Å²) in [5, 5.41) is 12.1. The predicted molar refractivity (Wildman–Crippen MR) is 127 cm³/mol. The summed E-state index contributed by atoms with van der Waals surface area (Å²) in [5.74, 6) is -2.26. The Kier molecular flexibility index (Phi) is 8.90. The monoisotopic (exact) mass is 492 g/mol. The van der Waals surface area contributed by atoms with Gasteiger partial charge in [-0.05, 0) is 74.0 Å². The van der Waals surface area contributed by atoms with Crippen molar-refractivity contribution in [3.8, 4) is 5.75 Å². The molecule has 184 valence electrons. The SMILES string of the molecule is CC(C)(CCCOc1cc(F)ccc1F)C(=O)NC1CCN(Sc2ccc(C(=O)O)cc2)CC1. The topological polar surface area (TPSA) is 78.9 Å². The van der Waals surface area contributed by atoms with Crippen molar-refractivity contribution in [1.82, 2.24) is 9.62 Å². The summed E-state index contributed by atoms with van der Waals surface area (Å²) in [6.45, 7) is 5.56. The van der Waals surface area contributed by atoms with Crippen LogP contribution in [0, 0.1) is 17.0 Å². The lowest BCUT2D eigenvalue weighted by Crippen LogP contribution is -2.47. The fourth-order valence-electron chi connectivity index (χ4n) is 3.68. The van der Waals surface area contributed by atoms with E-state index < -0.39 is 23.0 Å². The number of hydrogen-bond donors (Lipinski definition) is 2. The van der Waals surface area contributed by atoms with Crippen molar-refractivity contribution < 1.29 is 28.2 Å². The molecule has 9 heteroatoms. The number of rotatable bonds is 10. The molecule has 1 aliphatic rings. The number of benzene rings is 2. The van der Waals surface area contributed by atoms with E-state index in [0.717, 1.165) is 49.0 Å². The first-order valence-electron chi connectivity index (χ1n) is 11.3. The standard InChI is InChI=1S/C25H30F2N2O4S/c1-25(2,12-3-15-33-22-16-18(26)6-9-21(22)27)24(32)28-19-10-13-29(14-11-19)34-20-7-4-17(5-8-20)23(30)31/h4-9,16,19H,3,10-15H2,1-2H3,(H,28,32)(H,30,31). The number of hydrogen-bond acceptors (Lipinski definition) is 5. The van der Waals surface area contributed by atoms with Gasteiger partial charge >= 0.3 is 5.97 Å². The summed E-state index contributed by atoms with van der Waals surface area (Å²) in [6, 6.07) is 9.98. The van der Waals surface area contributed by atoms with Gasteiger partial charge in [-0.3, -0.25) is 4.79 Å². The second kappa shape index (κ2) is 11.7. The largest absolute Gasteiger partial charge is 0.490 e. The number of piperidine rings is 1. The second-order valence-corrected chi connectivity index (χ2v) is 10.2. The van der Waals surface area contributed by atoms with Gasteiger partial charge in [-0.25, -0.2) is 17.9 Å². The Morgan fingerprint density at radius 2 is 1.82 bits per heavy atom. The molecule has 0 bridgehead atoms. The third-order valence-electron chi connectivity index (χ3n) is 5.84. The van der Waals surface area contributed by atoms with Gasteiger partial charge in [0.2, 0.25) is 5.91 Å². The third kappa shape index (κ3) is 7.43. The molecular weight excluding hydrogens is 462 g/mol. The summed E-state index contributed by atoms with van der Waals surface area (Å²) in [4.78, 5) is 24.8. The van der Waals surface area contributed by atoms with Crippen LogP contribution in [0.1, 0.15) is 49.9 Å². The molecule has 0 aromatic heterocycles. The number of carbonyl (C=O) groups excluding carboxylic acids is 1. The van der Waals surface area contributed by atoms with E-state index in [0.29, 0.717) is 12.8 Å². The lowest BCUT2D eigenvalue weighted by Gasteiger charge is -2.33. The Bertz CT molecular complexity index is 993.